The molecule has 2 unspecified atom stereocenters. The maximum atomic E-state index is 5.65. The molecule has 0 spiro atoms. The molecule has 0 radical (unpaired) electrons. The third-order valence-electron chi connectivity index (χ3n) is 7.55. The second kappa shape index (κ2) is 9.98. The number of hydrogen-bond acceptors (Lipinski definition) is 4. The summed E-state index contributed by atoms with van der Waals surface area (Å²) in [6.45, 7) is 3.14. The van der Waals surface area contributed by atoms with Crippen molar-refractivity contribution >= 4 is 0 Å². The summed E-state index contributed by atoms with van der Waals surface area (Å²) in [6, 6.07) is 29.0. The molecule has 0 amide bonds. The SMILES string of the molecule is COc1ccc(OC)c(CNC2C3CCN(CC3)C2C(c2ccccc2)c2ccccc2)c1. The van der Waals surface area contributed by atoms with Gasteiger partial charge in [0.15, 0.2) is 0 Å². The summed E-state index contributed by atoms with van der Waals surface area (Å²) in [7, 11) is 3.45. The van der Waals surface area contributed by atoms with Gasteiger partial charge in [0, 0.05) is 30.1 Å². The molecule has 6 rings (SSSR count). The largest absolute Gasteiger partial charge is 0.497 e. The predicted octanol–water partition coefficient (Wildman–Crippen LogP) is 5.09. The first-order valence-electron chi connectivity index (χ1n) is 12.1. The molecule has 3 aliphatic heterocycles. The monoisotopic (exact) mass is 442 g/mol. The Morgan fingerprint density at radius 1 is 0.848 bits per heavy atom. The van der Waals surface area contributed by atoms with Crippen LogP contribution in [0.1, 0.15) is 35.4 Å². The highest BCUT2D eigenvalue weighted by Crippen LogP contribution is 2.42. The molecule has 0 saturated carbocycles. The van der Waals surface area contributed by atoms with E-state index in [0.717, 1.165) is 23.6 Å². The summed E-state index contributed by atoms with van der Waals surface area (Å²) in [4.78, 5) is 2.73. The third kappa shape index (κ3) is 4.50. The molecular weight excluding hydrogens is 408 g/mol. The molecule has 4 heteroatoms. The average molecular weight is 443 g/mol. The number of nitrogens with one attached hydrogen (secondary N) is 1. The number of benzene rings is 3. The van der Waals surface area contributed by atoms with Gasteiger partial charge in [-0.15, -0.1) is 0 Å². The Morgan fingerprint density at radius 3 is 2.06 bits per heavy atom. The van der Waals surface area contributed by atoms with Gasteiger partial charge in [-0.25, -0.2) is 0 Å². The lowest BCUT2D eigenvalue weighted by Crippen LogP contribution is -2.64. The third-order valence-corrected chi connectivity index (χ3v) is 7.55. The van der Waals surface area contributed by atoms with E-state index in [2.05, 4.69) is 76.9 Å². The van der Waals surface area contributed by atoms with Crippen LogP contribution >= 0.6 is 0 Å². The van der Waals surface area contributed by atoms with Gasteiger partial charge in [0.1, 0.15) is 11.5 Å². The molecule has 3 aliphatic rings. The molecule has 1 N–H and O–H groups in total. The molecule has 3 fully saturated rings. The molecule has 0 aliphatic carbocycles. The highest BCUT2D eigenvalue weighted by atomic mass is 16.5. The number of piperidine rings is 3. The van der Waals surface area contributed by atoms with Crippen LogP contribution in [-0.4, -0.2) is 44.3 Å². The summed E-state index contributed by atoms with van der Waals surface area (Å²) >= 11 is 0. The quantitative estimate of drug-likeness (QED) is 0.527. The van der Waals surface area contributed by atoms with E-state index in [1.165, 1.54) is 37.1 Å². The fourth-order valence-corrected chi connectivity index (χ4v) is 5.94. The summed E-state index contributed by atoms with van der Waals surface area (Å²) in [5.41, 5.74) is 3.93. The van der Waals surface area contributed by atoms with Crippen molar-refractivity contribution in [3.63, 3.8) is 0 Å². The summed E-state index contributed by atoms with van der Waals surface area (Å²) in [5, 5.41) is 3.99. The van der Waals surface area contributed by atoms with Gasteiger partial charge in [-0.2, -0.15) is 0 Å². The lowest BCUT2D eigenvalue weighted by atomic mass is 9.70. The van der Waals surface area contributed by atoms with Gasteiger partial charge >= 0.3 is 0 Å². The van der Waals surface area contributed by atoms with Gasteiger partial charge < -0.3 is 14.8 Å². The zero-order valence-electron chi connectivity index (χ0n) is 19.6. The van der Waals surface area contributed by atoms with E-state index in [-0.39, 0.29) is 0 Å². The number of hydrogen-bond donors (Lipinski definition) is 1. The standard InChI is InChI=1S/C29H34N2O2/c1-32-25-13-14-26(33-2)24(19-25)20-30-28-23-15-17-31(18-16-23)29(28)27(21-9-5-3-6-10-21)22-11-7-4-8-12-22/h3-14,19,23,27-30H,15-18,20H2,1-2H3. The molecule has 0 aromatic heterocycles. The van der Waals surface area contributed by atoms with E-state index < -0.39 is 0 Å². The Bertz CT molecular complexity index is 993. The van der Waals surface area contributed by atoms with Crippen LogP contribution in [-0.2, 0) is 6.54 Å². The Hall–Kier alpha value is -2.82. The molecule has 2 bridgehead atoms. The fourth-order valence-electron chi connectivity index (χ4n) is 5.94. The van der Waals surface area contributed by atoms with E-state index in [4.69, 9.17) is 9.47 Å². The van der Waals surface area contributed by atoms with Crippen molar-refractivity contribution in [1.82, 2.24) is 10.2 Å². The Morgan fingerprint density at radius 2 is 1.48 bits per heavy atom. The van der Waals surface area contributed by atoms with Gasteiger partial charge in [0.05, 0.1) is 14.2 Å². The normalized spacial score (nSPS) is 24.1. The lowest BCUT2D eigenvalue weighted by Gasteiger charge is -2.54. The molecular formula is C29H34N2O2. The summed E-state index contributed by atoms with van der Waals surface area (Å²) in [5.74, 6) is 2.79. The highest BCUT2D eigenvalue weighted by Gasteiger charge is 2.46. The van der Waals surface area contributed by atoms with E-state index in [0.29, 0.717) is 23.9 Å². The number of fused-ring (bicyclic) bond motifs is 3. The molecule has 33 heavy (non-hydrogen) atoms. The van der Waals surface area contributed by atoms with Gasteiger partial charge in [0.2, 0.25) is 0 Å². The first-order chi connectivity index (χ1) is 16.3. The maximum absolute atomic E-state index is 5.65. The van der Waals surface area contributed by atoms with Crippen LogP contribution in [0.25, 0.3) is 0 Å². The van der Waals surface area contributed by atoms with E-state index in [1.807, 2.05) is 12.1 Å². The Kier molecular flexibility index (Phi) is 6.65. The molecule has 3 aromatic carbocycles. The smallest absolute Gasteiger partial charge is 0.123 e. The lowest BCUT2D eigenvalue weighted by molar-refractivity contribution is 0.00462. The number of ether oxygens (including phenoxy) is 2. The highest BCUT2D eigenvalue weighted by molar-refractivity contribution is 5.41. The zero-order valence-corrected chi connectivity index (χ0v) is 19.6. The molecule has 172 valence electrons. The number of nitrogens with zero attached hydrogens (tertiary/aromatic N) is 1. The maximum Gasteiger partial charge on any atom is 0.123 e. The van der Waals surface area contributed by atoms with Gasteiger partial charge in [-0.05, 0) is 61.2 Å². The van der Waals surface area contributed by atoms with E-state index in [1.54, 1.807) is 14.2 Å². The fraction of sp³-hybridized carbons (Fsp3) is 0.379. The Labute approximate surface area is 197 Å². The molecule has 3 aromatic rings. The topological polar surface area (TPSA) is 33.7 Å². The van der Waals surface area contributed by atoms with Crippen LogP contribution in [0, 0.1) is 5.92 Å². The van der Waals surface area contributed by atoms with Crippen LogP contribution in [0.5, 0.6) is 11.5 Å². The van der Waals surface area contributed by atoms with Gasteiger partial charge in [-0.1, -0.05) is 60.7 Å². The van der Waals surface area contributed by atoms with Gasteiger partial charge in [0.25, 0.3) is 0 Å². The molecule has 2 atom stereocenters. The van der Waals surface area contributed by atoms with Crippen LogP contribution in [0.3, 0.4) is 0 Å². The summed E-state index contributed by atoms with van der Waals surface area (Å²) < 4.78 is 11.1. The Balaban J connectivity index is 1.48. The first kappa shape index (κ1) is 22.0. The summed E-state index contributed by atoms with van der Waals surface area (Å²) in [6.07, 6.45) is 2.53. The van der Waals surface area contributed by atoms with Crippen molar-refractivity contribution in [3.8, 4) is 11.5 Å². The number of rotatable bonds is 8. The second-order valence-corrected chi connectivity index (χ2v) is 9.25. The van der Waals surface area contributed by atoms with Crippen LogP contribution in [0.4, 0.5) is 0 Å². The first-order valence-corrected chi connectivity index (χ1v) is 12.1. The van der Waals surface area contributed by atoms with Crippen molar-refractivity contribution in [2.24, 2.45) is 5.92 Å². The van der Waals surface area contributed by atoms with Crippen LogP contribution in [0.2, 0.25) is 0 Å². The van der Waals surface area contributed by atoms with E-state index >= 15 is 0 Å². The molecule has 3 saturated heterocycles. The minimum atomic E-state index is 0.334. The second-order valence-electron chi connectivity index (χ2n) is 9.25. The van der Waals surface area contributed by atoms with E-state index in [9.17, 15) is 0 Å². The van der Waals surface area contributed by atoms with Crippen molar-refractivity contribution in [3.05, 3.63) is 95.6 Å². The van der Waals surface area contributed by atoms with Crippen molar-refractivity contribution in [2.45, 2.75) is 37.4 Å². The van der Waals surface area contributed by atoms with Crippen molar-refractivity contribution < 1.29 is 9.47 Å². The van der Waals surface area contributed by atoms with Crippen LogP contribution < -0.4 is 14.8 Å². The molecule has 3 heterocycles. The number of methoxy groups -OCH3 is 2. The van der Waals surface area contributed by atoms with Crippen LogP contribution in [0.15, 0.2) is 78.9 Å². The van der Waals surface area contributed by atoms with Crippen molar-refractivity contribution in [1.29, 1.82) is 0 Å². The average Bonchev–Trinajstić information content (AvgIpc) is 2.90. The predicted molar refractivity (Wildman–Crippen MR) is 133 cm³/mol. The van der Waals surface area contributed by atoms with Gasteiger partial charge in [-0.3, -0.25) is 4.90 Å². The zero-order chi connectivity index (χ0) is 22.6. The minimum Gasteiger partial charge on any atom is -0.497 e. The van der Waals surface area contributed by atoms with Crippen molar-refractivity contribution in [2.75, 3.05) is 27.3 Å². The molecule has 4 nitrogen and oxygen atoms in total. The minimum absolute atomic E-state index is 0.334.